The molecule has 5 rings (SSSR count). The Morgan fingerprint density at radius 2 is 1.78 bits per heavy atom. The van der Waals surface area contributed by atoms with E-state index in [1.54, 1.807) is 30.3 Å². The highest BCUT2D eigenvalue weighted by Crippen LogP contribution is 2.30. The molecular weight excluding hydrogens is 418 g/mol. The molecule has 0 unspecified atom stereocenters. The van der Waals surface area contributed by atoms with Gasteiger partial charge in [-0.3, -0.25) is 4.57 Å². The number of fused-ring (bicyclic) bond motifs is 1. The number of imidazole rings is 1. The minimum absolute atomic E-state index is 0.0100. The lowest BCUT2D eigenvalue weighted by Gasteiger charge is -2.29. The Bertz CT molecular complexity index is 1080. The van der Waals surface area contributed by atoms with E-state index in [9.17, 15) is 8.78 Å². The summed E-state index contributed by atoms with van der Waals surface area (Å²) in [5.41, 5.74) is 7.06. The smallest absolute Gasteiger partial charge is 0.296 e. The highest BCUT2D eigenvalue weighted by atomic mass is 19.3. The number of nitrogens with zero attached hydrogens (tertiary/aromatic N) is 5. The standard InChI is InChI=1S/C22H26F2N6O2/c23-20(24)21-26-16-3-1-2-4-17(16)30(21)18-13-19(32-15-7-5-14(25)6-8-15)28-22(27-18)29-9-11-31-12-10-29/h1-4,13-15,20H,5-12,25H2. The second kappa shape index (κ2) is 8.95. The summed E-state index contributed by atoms with van der Waals surface area (Å²) in [4.78, 5) is 15.4. The molecule has 8 nitrogen and oxygen atoms in total. The maximum absolute atomic E-state index is 13.9. The molecule has 2 aromatic heterocycles. The van der Waals surface area contributed by atoms with Crippen LogP contribution >= 0.6 is 0 Å². The molecule has 0 bridgehead atoms. The monoisotopic (exact) mass is 444 g/mol. The van der Waals surface area contributed by atoms with Gasteiger partial charge in [-0.05, 0) is 37.8 Å². The Kier molecular flexibility index (Phi) is 5.88. The number of hydrogen-bond acceptors (Lipinski definition) is 7. The van der Waals surface area contributed by atoms with E-state index in [2.05, 4.69) is 15.0 Å². The Balaban J connectivity index is 1.58. The first kappa shape index (κ1) is 21.0. The third-order valence-electron chi connectivity index (χ3n) is 5.99. The fourth-order valence-corrected chi connectivity index (χ4v) is 4.29. The first-order valence-corrected chi connectivity index (χ1v) is 11.0. The molecule has 0 spiro atoms. The quantitative estimate of drug-likeness (QED) is 0.646. The van der Waals surface area contributed by atoms with E-state index in [4.69, 9.17) is 15.2 Å². The van der Waals surface area contributed by atoms with Crippen LogP contribution in [-0.4, -0.2) is 58.0 Å². The van der Waals surface area contributed by atoms with Gasteiger partial charge in [0.2, 0.25) is 11.8 Å². The van der Waals surface area contributed by atoms with Crippen LogP contribution in [0, 0.1) is 0 Å². The van der Waals surface area contributed by atoms with Crippen LogP contribution in [0.1, 0.15) is 37.9 Å². The molecule has 2 aliphatic rings. The number of alkyl halides is 2. The van der Waals surface area contributed by atoms with Crippen LogP contribution in [0.15, 0.2) is 30.3 Å². The van der Waals surface area contributed by atoms with Crippen LogP contribution in [0.4, 0.5) is 14.7 Å². The van der Waals surface area contributed by atoms with Gasteiger partial charge in [-0.25, -0.2) is 13.8 Å². The average molecular weight is 444 g/mol. The summed E-state index contributed by atoms with van der Waals surface area (Å²) < 4.78 is 40.9. The predicted molar refractivity (Wildman–Crippen MR) is 116 cm³/mol. The van der Waals surface area contributed by atoms with Crippen molar-refractivity contribution in [3.8, 4) is 11.7 Å². The second-order valence-electron chi connectivity index (χ2n) is 8.21. The van der Waals surface area contributed by atoms with Crippen LogP contribution in [0.25, 0.3) is 16.9 Å². The fraction of sp³-hybridized carbons (Fsp3) is 0.500. The maximum atomic E-state index is 13.9. The van der Waals surface area contributed by atoms with Gasteiger partial charge in [-0.1, -0.05) is 12.1 Å². The molecule has 10 heteroatoms. The molecule has 1 saturated heterocycles. The third-order valence-corrected chi connectivity index (χ3v) is 5.99. The van der Waals surface area contributed by atoms with Gasteiger partial charge in [-0.15, -0.1) is 0 Å². The minimum atomic E-state index is -2.76. The van der Waals surface area contributed by atoms with E-state index in [1.165, 1.54) is 4.57 Å². The van der Waals surface area contributed by atoms with E-state index in [1.807, 2.05) is 4.90 Å². The van der Waals surface area contributed by atoms with Crippen molar-refractivity contribution in [3.05, 3.63) is 36.2 Å². The van der Waals surface area contributed by atoms with Crippen LogP contribution in [0.5, 0.6) is 5.88 Å². The lowest BCUT2D eigenvalue weighted by Crippen LogP contribution is -2.37. The molecule has 170 valence electrons. The van der Waals surface area contributed by atoms with E-state index >= 15 is 0 Å². The fourth-order valence-electron chi connectivity index (χ4n) is 4.29. The van der Waals surface area contributed by atoms with Gasteiger partial charge in [0.05, 0.1) is 24.2 Å². The molecule has 1 aliphatic carbocycles. The maximum Gasteiger partial charge on any atom is 0.296 e. The average Bonchev–Trinajstić information content (AvgIpc) is 3.21. The van der Waals surface area contributed by atoms with Gasteiger partial charge >= 0.3 is 0 Å². The van der Waals surface area contributed by atoms with Crippen LogP contribution in [0.3, 0.4) is 0 Å². The predicted octanol–water partition coefficient (Wildman–Crippen LogP) is 3.24. The highest BCUT2D eigenvalue weighted by Gasteiger charge is 2.25. The number of nitrogens with two attached hydrogens (primary N) is 1. The number of hydrogen-bond donors (Lipinski definition) is 1. The Morgan fingerprint density at radius 1 is 1.03 bits per heavy atom. The van der Waals surface area contributed by atoms with E-state index < -0.39 is 6.43 Å². The summed E-state index contributed by atoms with van der Waals surface area (Å²) in [6.07, 6.45) is 0.687. The molecular formula is C22H26F2N6O2. The summed E-state index contributed by atoms with van der Waals surface area (Å²) in [6.45, 7) is 2.35. The number of halogens is 2. The van der Waals surface area contributed by atoms with Crippen molar-refractivity contribution in [1.29, 1.82) is 0 Å². The Morgan fingerprint density at radius 3 is 2.53 bits per heavy atom. The normalized spacial score (nSPS) is 21.9. The van der Waals surface area contributed by atoms with Crippen LogP contribution in [0.2, 0.25) is 0 Å². The number of morpholine rings is 1. The summed E-state index contributed by atoms with van der Waals surface area (Å²) >= 11 is 0. The largest absolute Gasteiger partial charge is 0.474 e. The molecule has 0 amide bonds. The molecule has 2 N–H and O–H groups in total. The SMILES string of the molecule is NC1CCC(Oc2cc(-n3c(C(F)F)nc4ccccc43)nc(N3CCOCC3)n2)CC1. The zero-order valence-electron chi connectivity index (χ0n) is 17.7. The van der Waals surface area contributed by atoms with E-state index in [0.29, 0.717) is 55.0 Å². The molecule has 1 aromatic carbocycles. The summed E-state index contributed by atoms with van der Waals surface area (Å²) in [5.74, 6) is 0.765. The number of aromatic nitrogens is 4. The van der Waals surface area contributed by atoms with Gasteiger partial charge in [0.1, 0.15) is 11.9 Å². The van der Waals surface area contributed by atoms with Crippen LogP contribution in [-0.2, 0) is 4.74 Å². The van der Waals surface area contributed by atoms with Crippen molar-refractivity contribution >= 4 is 17.0 Å². The van der Waals surface area contributed by atoms with Crippen molar-refractivity contribution in [3.63, 3.8) is 0 Å². The summed E-state index contributed by atoms with van der Waals surface area (Å²) in [7, 11) is 0. The number of para-hydroxylation sites is 2. The van der Waals surface area contributed by atoms with Gasteiger partial charge in [0, 0.05) is 25.2 Å². The van der Waals surface area contributed by atoms with Crippen molar-refractivity contribution in [2.75, 3.05) is 31.2 Å². The number of rotatable bonds is 5. The highest BCUT2D eigenvalue weighted by molar-refractivity contribution is 5.78. The van der Waals surface area contributed by atoms with Crippen molar-refractivity contribution < 1.29 is 18.3 Å². The Labute approximate surface area is 184 Å². The zero-order chi connectivity index (χ0) is 22.1. The van der Waals surface area contributed by atoms with E-state index in [0.717, 1.165) is 25.7 Å². The van der Waals surface area contributed by atoms with Crippen molar-refractivity contribution in [1.82, 2.24) is 19.5 Å². The first-order valence-electron chi connectivity index (χ1n) is 11.0. The first-order chi connectivity index (χ1) is 15.6. The number of ether oxygens (including phenoxy) is 2. The molecule has 3 heterocycles. The topological polar surface area (TPSA) is 91.3 Å². The van der Waals surface area contributed by atoms with E-state index in [-0.39, 0.29) is 18.0 Å². The number of anilines is 1. The molecule has 3 aromatic rings. The second-order valence-corrected chi connectivity index (χ2v) is 8.21. The number of benzene rings is 1. The molecule has 0 atom stereocenters. The minimum Gasteiger partial charge on any atom is -0.474 e. The lowest BCUT2D eigenvalue weighted by molar-refractivity contribution is 0.121. The zero-order valence-corrected chi connectivity index (χ0v) is 17.7. The van der Waals surface area contributed by atoms with Gasteiger partial charge in [0.15, 0.2) is 5.82 Å². The van der Waals surface area contributed by atoms with Crippen molar-refractivity contribution in [2.24, 2.45) is 5.73 Å². The summed E-state index contributed by atoms with van der Waals surface area (Å²) in [5, 5.41) is 0. The molecule has 32 heavy (non-hydrogen) atoms. The third kappa shape index (κ3) is 4.24. The van der Waals surface area contributed by atoms with Crippen LogP contribution < -0.4 is 15.4 Å². The van der Waals surface area contributed by atoms with Gasteiger partial charge in [0.25, 0.3) is 6.43 Å². The van der Waals surface area contributed by atoms with Crippen molar-refractivity contribution in [2.45, 2.75) is 44.3 Å². The van der Waals surface area contributed by atoms with Gasteiger partial charge < -0.3 is 20.1 Å². The molecule has 1 saturated carbocycles. The lowest BCUT2D eigenvalue weighted by atomic mass is 9.94. The summed E-state index contributed by atoms with van der Waals surface area (Å²) in [6, 6.07) is 8.86. The molecule has 2 fully saturated rings. The van der Waals surface area contributed by atoms with Gasteiger partial charge in [-0.2, -0.15) is 9.97 Å². The Hall–Kier alpha value is -2.85. The molecule has 0 radical (unpaired) electrons. The molecule has 1 aliphatic heterocycles.